The lowest BCUT2D eigenvalue weighted by Gasteiger charge is -2.04. The number of aromatic nitrogens is 2. The molecular weight excluding hydrogens is 220 g/mol. The summed E-state index contributed by atoms with van der Waals surface area (Å²) in [5.74, 6) is 0. The van der Waals surface area contributed by atoms with Crippen molar-refractivity contribution in [1.82, 2.24) is 9.78 Å². The van der Waals surface area contributed by atoms with Crippen molar-refractivity contribution in [2.24, 2.45) is 0 Å². The third-order valence-corrected chi connectivity index (χ3v) is 3.65. The van der Waals surface area contributed by atoms with Gasteiger partial charge in [-0.3, -0.25) is 4.68 Å². The molecule has 0 N–H and O–H groups in total. The average Bonchev–Trinajstić information content (AvgIpc) is 2.77. The normalized spacial score (nSPS) is 11.0. The van der Waals surface area contributed by atoms with Gasteiger partial charge in [-0.05, 0) is 19.4 Å². The van der Waals surface area contributed by atoms with E-state index in [1.54, 1.807) is 0 Å². The monoisotopic (exact) mass is 250 g/mol. The maximum absolute atomic E-state index is 4.31. The molecule has 18 heavy (non-hydrogen) atoms. The quantitative estimate of drug-likeness (QED) is 0.499. The first-order valence-corrected chi connectivity index (χ1v) is 7.83. The van der Waals surface area contributed by atoms with Crippen molar-refractivity contribution in [2.75, 3.05) is 0 Å². The highest BCUT2D eigenvalue weighted by molar-refractivity contribution is 4.96. The predicted molar refractivity (Wildman–Crippen MR) is 78.8 cm³/mol. The van der Waals surface area contributed by atoms with Gasteiger partial charge in [0.15, 0.2) is 0 Å². The Labute approximate surface area is 113 Å². The molecule has 0 unspecified atom stereocenters. The van der Waals surface area contributed by atoms with Crippen LogP contribution in [0.3, 0.4) is 0 Å². The third-order valence-electron chi connectivity index (χ3n) is 3.65. The molecule has 104 valence electrons. The van der Waals surface area contributed by atoms with Gasteiger partial charge in [-0.2, -0.15) is 5.10 Å². The molecule has 0 saturated heterocycles. The van der Waals surface area contributed by atoms with Crippen molar-refractivity contribution < 1.29 is 0 Å². The molecule has 0 radical (unpaired) electrons. The number of aryl methyl sites for hydroxylation is 2. The maximum atomic E-state index is 4.31. The van der Waals surface area contributed by atoms with Crippen LogP contribution < -0.4 is 0 Å². The van der Waals surface area contributed by atoms with E-state index < -0.39 is 0 Å². The first kappa shape index (κ1) is 15.3. The first-order chi connectivity index (χ1) is 8.84. The maximum Gasteiger partial charge on any atom is 0.0492 e. The molecule has 0 aliphatic rings. The summed E-state index contributed by atoms with van der Waals surface area (Å²) in [5, 5.41) is 4.31. The van der Waals surface area contributed by atoms with Gasteiger partial charge in [-0.25, -0.2) is 0 Å². The summed E-state index contributed by atoms with van der Waals surface area (Å²) in [6.45, 7) is 5.50. The minimum absolute atomic E-state index is 1.09. The van der Waals surface area contributed by atoms with E-state index in [4.69, 9.17) is 0 Å². The van der Waals surface area contributed by atoms with Gasteiger partial charge in [0, 0.05) is 18.4 Å². The molecule has 2 heteroatoms. The molecule has 0 bridgehead atoms. The van der Waals surface area contributed by atoms with Gasteiger partial charge < -0.3 is 0 Å². The van der Waals surface area contributed by atoms with E-state index in [9.17, 15) is 0 Å². The molecule has 0 aromatic carbocycles. The zero-order chi connectivity index (χ0) is 13.1. The SMILES string of the molecule is CCCCCCCCCCCCn1nccc1C. The molecule has 0 saturated carbocycles. The molecule has 0 aliphatic carbocycles. The van der Waals surface area contributed by atoms with Crippen LogP contribution in [0.25, 0.3) is 0 Å². The fourth-order valence-corrected chi connectivity index (χ4v) is 2.38. The van der Waals surface area contributed by atoms with Gasteiger partial charge in [0.1, 0.15) is 0 Å². The van der Waals surface area contributed by atoms with Crippen LogP contribution in [-0.4, -0.2) is 9.78 Å². The van der Waals surface area contributed by atoms with Crippen molar-refractivity contribution in [3.8, 4) is 0 Å². The van der Waals surface area contributed by atoms with Crippen LogP contribution in [0.2, 0.25) is 0 Å². The molecule has 0 amide bonds. The van der Waals surface area contributed by atoms with Crippen LogP contribution in [0.5, 0.6) is 0 Å². The molecule has 2 nitrogen and oxygen atoms in total. The van der Waals surface area contributed by atoms with Gasteiger partial charge in [-0.1, -0.05) is 64.7 Å². The standard InChI is InChI=1S/C16H30N2/c1-3-4-5-6-7-8-9-10-11-12-15-18-16(2)13-14-17-18/h13-14H,3-12,15H2,1-2H3. The predicted octanol–water partition coefficient (Wildman–Crippen LogP) is 5.11. The van der Waals surface area contributed by atoms with E-state index in [1.165, 1.54) is 69.9 Å². The molecule has 1 heterocycles. The second-order valence-electron chi connectivity index (χ2n) is 5.38. The first-order valence-electron chi connectivity index (χ1n) is 7.83. The van der Waals surface area contributed by atoms with Crippen LogP contribution in [0, 0.1) is 6.92 Å². The lowest BCUT2D eigenvalue weighted by Crippen LogP contribution is -2.01. The van der Waals surface area contributed by atoms with Crippen LogP contribution in [0.15, 0.2) is 12.3 Å². The van der Waals surface area contributed by atoms with Gasteiger partial charge >= 0.3 is 0 Å². The fraction of sp³-hybridized carbons (Fsp3) is 0.812. The van der Waals surface area contributed by atoms with Crippen LogP contribution in [0.4, 0.5) is 0 Å². The van der Waals surface area contributed by atoms with E-state index in [1.807, 2.05) is 6.20 Å². The van der Waals surface area contributed by atoms with E-state index in [2.05, 4.69) is 29.7 Å². The Bertz CT molecular complexity index is 291. The van der Waals surface area contributed by atoms with E-state index in [0.717, 1.165) is 6.54 Å². The smallest absolute Gasteiger partial charge is 0.0492 e. The van der Waals surface area contributed by atoms with Crippen LogP contribution in [0.1, 0.15) is 76.8 Å². The van der Waals surface area contributed by atoms with Gasteiger partial charge in [0.25, 0.3) is 0 Å². The van der Waals surface area contributed by atoms with E-state index in [0.29, 0.717) is 0 Å². The molecule has 1 aromatic rings. The molecular formula is C16H30N2. The Hall–Kier alpha value is -0.790. The van der Waals surface area contributed by atoms with Crippen LogP contribution in [-0.2, 0) is 6.54 Å². The third kappa shape index (κ3) is 6.83. The Morgan fingerprint density at radius 3 is 1.94 bits per heavy atom. The van der Waals surface area contributed by atoms with Crippen molar-refractivity contribution in [2.45, 2.75) is 84.6 Å². The van der Waals surface area contributed by atoms with Crippen molar-refractivity contribution in [3.63, 3.8) is 0 Å². The number of rotatable bonds is 11. The zero-order valence-electron chi connectivity index (χ0n) is 12.3. The second-order valence-corrected chi connectivity index (χ2v) is 5.38. The summed E-state index contributed by atoms with van der Waals surface area (Å²) in [4.78, 5) is 0. The highest BCUT2D eigenvalue weighted by atomic mass is 15.3. The summed E-state index contributed by atoms with van der Waals surface area (Å²) in [7, 11) is 0. The molecule has 0 aliphatic heterocycles. The molecule has 1 aromatic heterocycles. The second kappa shape index (κ2) is 10.2. The molecule has 0 fully saturated rings. The topological polar surface area (TPSA) is 17.8 Å². The summed E-state index contributed by atoms with van der Waals surface area (Å²) < 4.78 is 2.12. The lowest BCUT2D eigenvalue weighted by atomic mass is 10.1. The highest BCUT2D eigenvalue weighted by Crippen LogP contribution is 2.11. The summed E-state index contributed by atoms with van der Waals surface area (Å²) in [6, 6.07) is 2.08. The van der Waals surface area contributed by atoms with Crippen molar-refractivity contribution >= 4 is 0 Å². The number of hydrogen-bond donors (Lipinski definition) is 0. The Morgan fingerprint density at radius 1 is 0.889 bits per heavy atom. The Kier molecular flexibility index (Phi) is 8.62. The number of hydrogen-bond acceptors (Lipinski definition) is 1. The fourth-order valence-electron chi connectivity index (χ4n) is 2.38. The van der Waals surface area contributed by atoms with Crippen molar-refractivity contribution in [1.29, 1.82) is 0 Å². The van der Waals surface area contributed by atoms with Gasteiger partial charge in [0.05, 0.1) is 0 Å². The van der Waals surface area contributed by atoms with Crippen LogP contribution >= 0.6 is 0 Å². The Morgan fingerprint density at radius 2 is 1.44 bits per heavy atom. The molecule has 1 rings (SSSR count). The van der Waals surface area contributed by atoms with Gasteiger partial charge in [0.2, 0.25) is 0 Å². The average molecular weight is 250 g/mol. The summed E-state index contributed by atoms with van der Waals surface area (Å²) in [5.41, 5.74) is 1.28. The summed E-state index contributed by atoms with van der Waals surface area (Å²) >= 11 is 0. The molecule has 0 spiro atoms. The van der Waals surface area contributed by atoms with E-state index in [-0.39, 0.29) is 0 Å². The molecule has 0 atom stereocenters. The zero-order valence-corrected chi connectivity index (χ0v) is 12.3. The number of nitrogens with zero attached hydrogens (tertiary/aromatic N) is 2. The minimum atomic E-state index is 1.09. The Balaban J connectivity index is 1.83. The van der Waals surface area contributed by atoms with E-state index >= 15 is 0 Å². The number of unbranched alkanes of at least 4 members (excludes halogenated alkanes) is 9. The summed E-state index contributed by atoms with van der Waals surface area (Å²) in [6.07, 6.45) is 15.9. The largest absolute Gasteiger partial charge is 0.270 e. The highest BCUT2D eigenvalue weighted by Gasteiger charge is 1.96. The minimum Gasteiger partial charge on any atom is -0.270 e. The lowest BCUT2D eigenvalue weighted by molar-refractivity contribution is 0.510. The van der Waals surface area contributed by atoms with Crippen molar-refractivity contribution in [3.05, 3.63) is 18.0 Å². The van der Waals surface area contributed by atoms with Gasteiger partial charge in [-0.15, -0.1) is 0 Å².